The number of hydrogen-bond donors (Lipinski definition) is 2. The van der Waals surface area contributed by atoms with Gasteiger partial charge in [-0.3, -0.25) is 9.59 Å². The van der Waals surface area contributed by atoms with Gasteiger partial charge in [0, 0.05) is 13.7 Å². The summed E-state index contributed by atoms with van der Waals surface area (Å²) in [6, 6.07) is 10.4. The fourth-order valence-electron chi connectivity index (χ4n) is 3.60. The Balaban J connectivity index is 2.22. The highest BCUT2D eigenvalue weighted by Gasteiger charge is 2.46. The minimum absolute atomic E-state index is 0.0656. The predicted octanol–water partition coefficient (Wildman–Crippen LogP) is 2.87. The van der Waals surface area contributed by atoms with E-state index in [0.29, 0.717) is 23.5 Å². The van der Waals surface area contributed by atoms with E-state index in [2.05, 4.69) is 0 Å². The summed E-state index contributed by atoms with van der Waals surface area (Å²) < 4.78 is 15.9. The van der Waals surface area contributed by atoms with Crippen molar-refractivity contribution in [3.05, 3.63) is 59.2 Å². The lowest BCUT2D eigenvalue weighted by Crippen LogP contribution is -2.32. The number of carbonyl (C=O) groups excluding carboxylic acids is 2. The number of likely N-dealkylation sites (tertiary alicyclic amines) is 1. The van der Waals surface area contributed by atoms with Crippen molar-refractivity contribution in [1.29, 1.82) is 0 Å². The molecule has 1 atom stereocenters. The summed E-state index contributed by atoms with van der Waals surface area (Å²) in [7, 11) is 2.95. The number of para-hydroxylation sites is 1. The lowest BCUT2D eigenvalue weighted by Gasteiger charge is -2.25. The molecule has 1 aliphatic heterocycles. The zero-order valence-corrected chi connectivity index (χ0v) is 17.6. The van der Waals surface area contributed by atoms with E-state index in [1.165, 1.54) is 25.2 Å². The van der Waals surface area contributed by atoms with Gasteiger partial charge in [0.05, 0.1) is 37.5 Å². The van der Waals surface area contributed by atoms with Gasteiger partial charge in [0.1, 0.15) is 11.5 Å². The molecule has 1 unspecified atom stereocenters. The SMILES string of the molecule is CCOc1cc(C2/C(=C(/O)c3ccccc3OC)C(=O)C(=O)N2CCOC)ccc1O. The van der Waals surface area contributed by atoms with Gasteiger partial charge in [0.2, 0.25) is 0 Å². The van der Waals surface area contributed by atoms with Crippen molar-refractivity contribution in [3.63, 3.8) is 0 Å². The average molecular weight is 427 g/mol. The number of phenols is 1. The molecule has 1 amide bonds. The summed E-state index contributed by atoms with van der Waals surface area (Å²) in [6.07, 6.45) is 0. The second-order valence-electron chi connectivity index (χ2n) is 6.85. The molecular weight excluding hydrogens is 402 g/mol. The summed E-state index contributed by atoms with van der Waals surface area (Å²) >= 11 is 0. The number of Topliss-reactive ketones (excluding diaryl/α,β-unsaturated/α-hetero) is 1. The number of aliphatic hydroxyl groups excluding tert-OH is 1. The third-order valence-corrected chi connectivity index (χ3v) is 5.04. The zero-order valence-electron chi connectivity index (χ0n) is 17.6. The Morgan fingerprint density at radius 3 is 2.52 bits per heavy atom. The predicted molar refractivity (Wildman–Crippen MR) is 113 cm³/mol. The minimum Gasteiger partial charge on any atom is -0.507 e. The summed E-state index contributed by atoms with van der Waals surface area (Å²) in [4.78, 5) is 27.2. The number of nitrogens with zero attached hydrogens (tertiary/aromatic N) is 1. The standard InChI is InChI=1S/C23H25NO7/c1-4-31-18-13-14(9-10-16(18)25)20-19(22(27)23(28)24(20)11-12-29-2)21(26)15-7-5-6-8-17(15)30-3/h5-10,13,20,25-26H,4,11-12H2,1-3H3/b21-19-. The highest BCUT2D eigenvalue weighted by atomic mass is 16.5. The van der Waals surface area contributed by atoms with Crippen molar-refractivity contribution in [2.75, 3.05) is 34.0 Å². The normalized spacial score (nSPS) is 17.8. The van der Waals surface area contributed by atoms with Gasteiger partial charge in [-0.2, -0.15) is 0 Å². The van der Waals surface area contributed by atoms with Crippen LogP contribution in [0, 0.1) is 0 Å². The van der Waals surface area contributed by atoms with Crippen LogP contribution >= 0.6 is 0 Å². The topological polar surface area (TPSA) is 106 Å². The van der Waals surface area contributed by atoms with Crippen LogP contribution in [0.5, 0.6) is 17.2 Å². The Labute approximate surface area is 180 Å². The number of amides is 1. The molecule has 8 nitrogen and oxygen atoms in total. The van der Waals surface area contributed by atoms with Crippen molar-refractivity contribution >= 4 is 17.4 Å². The Hall–Kier alpha value is -3.52. The summed E-state index contributed by atoms with van der Waals surface area (Å²) in [5.74, 6) is -1.38. The van der Waals surface area contributed by atoms with Gasteiger partial charge in [-0.05, 0) is 36.8 Å². The van der Waals surface area contributed by atoms with E-state index in [-0.39, 0.29) is 36.0 Å². The number of hydrogen-bond acceptors (Lipinski definition) is 7. The number of aliphatic hydroxyl groups is 1. The number of benzene rings is 2. The Morgan fingerprint density at radius 2 is 1.84 bits per heavy atom. The number of carbonyl (C=O) groups is 2. The molecule has 0 aliphatic carbocycles. The first-order valence-corrected chi connectivity index (χ1v) is 9.81. The second-order valence-corrected chi connectivity index (χ2v) is 6.85. The number of ether oxygens (including phenoxy) is 3. The van der Waals surface area contributed by atoms with E-state index in [1.807, 2.05) is 0 Å². The first kappa shape index (κ1) is 22.2. The monoisotopic (exact) mass is 427 g/mol. The van der Waals surface area contributed by atoms with Crippen molar-refractivity contribution in [2.45, 2.75) is 13.0 Å². The van der Waals surface area contributed by atoms with Gasteiger partial charge in [-0.15, -0.1) is 0 Å². The first-order valence-electron chi connectivity index (χ1n) is 9.81. The van der Waals surface area contributed by atoms with E-state index >= 15 is 0 Å². The fraction of sp³-hybridized carbons (Fsp3) is 0.304. The molecule has 0 aromatic heterocycles. The van der Waals surface area contributed by atoms with Crippen LogP contribution in [0.3, 0.4) is 0 Å². The number of ketones is 1. The molecule has 0 radical (unpaired) electrons. The van der Waals surface area contributed by atoms with Crippen LogP contribution in [0.1, 0.15) is 24.1 Å². The average Bonchev–Trinajstić information content (AvgIpc) is 3.03. The van der Waals surface area contributed by atoms with Crippen molar-refractivity contribution in [3.8, 4) is 17.2 Å². The first-order chi connectivity index (χ1) is 14.9. The molecule has 164 valence electrons. The molecule has 1 heterocycles. The third kappa shape index (κ3) is 4.20. The third-order valence-electron chi connectivity index (χ3n) is 5.04. The molecular formula is C23H25NO7. The fourth-order valence-corrected chi connectivity index (χ4v) is 3.60. The molecule has 1 fully saturated rings. The van der Waals surface area contributed by atoms with Crippen LogP contribution in [0.2, 0.25) is 0 Å². The van der Waals surface area contributed by atoms with Crippen LogP contribution in [0.25, 0.3) is 5.76 Å². The number of aromatic hydroxyl groups is 1. The summed E-state index contributed by atoms with van der Waals surface area (Å²) in [6.45, 7) is 2.44. The molecule has 8 heteroatoms. The van der Waals surface area contributed by atoms with E-state index in [4.69, 9.17) is 14.2 Å². The van der Waals surface area contributed by atoms with Gasteiger partial charge >= 0.3 is 0 Å². The van der Waals surface area contributed by atoms with Gasteiger partial charge in [0.15, 0.2) is 11.5 Å². The summed E-state index contributed by atoms with van der Waals surface area (Å²) in [5.41, 5.74) is 0.732. The van der Waals surface area contributed by atoms with E-state index < -0.39 is 17.7 Å². The Kier molecular flexibility index (Phi) is 6.81. The molecule has 31 heavy (non-hydrogen) atoms. The molecule has 0 spiro atoms. The van der Waals surface area contributed by atoms with Crippen LogP contribution in [0.4, 0.5) is 0 Å². The molecule has 0 bridgehead atoms. The van der Waals surface area contributed by atoms with E-state index in [1.54, 1.807) is 43.3 Å². The van der Waals surface area contributed by atoms with Crippen molar-refractivity contribution in [1.82, 2.24) is 4.90 Å². The maximum atomic E-state index is 13.0. The largest absolute Gasteiger partial charge is 0.507 e. The quantitative estimate of drug-likeness (QED) is 0.379. The molecule has 2 aromatic carbocycles. The van der Waals surface area contributed by atoms with Crippen LogP contribution < -0.4 is 9.47 Å². The van der Waals surface area contributed by atoms with Gasteiger partial charge in [-0.1, -0.05) is 18.2 Å². The lowest BCUT2D eigenvalue weighted by atomic mass is 9.94. The summed E-state index contributed by atoms with van der Waals surface area (Å²) in [5, 5.41) is 21.2. The van der Waals surface area contributed by atoms with Crippen molar-refractivity contribution in [2.24, 2.45) is 0 Å². The van der Waals surface area contributed by atoms with Gasteiger partial charge in [-0.25, -0.2) is 0 Å². The number of phenolic OH excluding ortho intramolecular Hbond substituents is 1. The van der Waals surface area contributed by atoms with Crippen molar-refractivity contribution < 1.29 is 34.0 Å². The zero-order chi connectivity index (χ0) is 22.5. The molecule has 1 aliphatic rings. The maximum absolute atomic E-state index is 13.0. The van der Waals surface area contributed by atoms with Crippen LogP contribution in [-0.2, 0) is 14.3 Å². The number of methoxy groups -OCH3 is 2. The molecule has 2 aromatic rings. The second kappa shape index (κ2) is 9.53. The highest BCUT2D eigenvalue weighted by Crippen LogP contribution is 2.42. The molecule has 2 N–H and O–H groups in total. The molecule has 3 rings (SSSR count). The number of rotatable bonds is 8. The van der Waals surface area contributed by atoms with E-state index in [9.17, 15) is 19.8 Å². The highest BCUT2D eigenvalue weighted by molar-refractivity contribution is 6.46. The molecule has 0 saturated carbocycles. The maximum Gasteiger partial charge on any atom is 0.295 e. The smallest absolute Gasteiger partial charge is 0.295 e. The molecule has 1 saturated heterocycles. The van der Waals surface area contributed by atoms with Gasteiger partial charge in [0.25, 0.3) is 11.7 Å². The Morgan fingerprint density at radius 1 is 1.10 bits per heavy atom. The van der Waals surface area contributed by atoms with Crippen LogP contribution in [-0.4, -0.2) is 60.8 Å². The lowest BCUT2D eigenvalue weighted by molar-refractivity contribution is -0.140. The van der Waals surface area contributed by atoms with E-state index in [0.717, 1.165) is 0 Å². The minimum atomic E-state index is -0.889. The van der Waals surface area contributed by atoms with Crippen LogP contribution in [0.15, 0.2) is 48.0 Å². The Bertz CT molecular complexity index is 1010. The van der Waals surface area contributed by atoms with Gasteiger partial charge < -0.3 is 29.3 Å².